The van der Waals surface area contributed by atoms with Crippen molar-refractivity contribution < 1.29 is 4.74 Å². The quantitative estimate of drug-likeness (QED) is 0.868. The Bertz CT molecular complexity index is 375. The molecule has 0 amide bonds. The number of ether oxygens (including phenoxy) is 1. The molecule has 2 unspecified atom stereocenters. The van der Waals surface area contributed by atoms with E-state index >= 15 is 0 Å². The lowest BCUT2D eigenvalue weighted by atomic mass is 9.96. The average Bonchev–Trinajstić information content (AvgIpc) is 2.90. The smallest absolute Gasteiger partial charge is 0.0515 e. The van der Waals surface area contributed by atoms with Crippen LogP contribution in [-0.2, 0) is 4.74 Å². The molecule has 18 heavy (non-hydrogen) atoms. The fourth-order valence-corrected chi connectivity index (χ4v) is 2.90. The first-order chi connectivity index (χ1) is 8.77. The highest BCUT2D eigenvalue weighted by atomic mass is 16.5. The second kappa shape index (κ2) is 6.21. The molecular weight excluding hydrogens is 224 g/mol. The Morgan fingerprint density at radius 2 is 2.22 bits per heavy atom. The summed E-state index contributed by atoms with van der Waals surface area (Å²) in [5.74, 6) is 0.564. The zero-order valence-electron chi connectivity index (χ0n) is 11.4. The van der Waals surface area contributed by atoms with Crippen molar-refractivity contribution >= 4 is 5.69 Å². The largest absolute Gasteiger partial charge is 0.381 e. The van der Waals surface area contributed by atoms with Gasteiger partial charge in [0.1, 0.15) is 0 Å². The maximum atomic E-state index is 6.02. The molecule has 0 spiro atoms. The minimum Gasteiger partial charge on any atom is -0.381 e. The predicted molar refractivity (Wildman–Crippen MR) is 76.0 cm³/mol. The third kappa shape index (κ3) is 2.68. The van der Waals surface area contributed by atoms with Crippen molar-refractivity contribution in [1.82, 2.24) is 0 Å². The van der Waals surface area contributed by atoms with E-state index in [4.69, 9.17) is 10.5 Å². The molecule has 1 fully saturated rings. The third-order valence-corrected chi connectivity index (χ3v) is 3.92. The van der Waals surface area contributed by atoms with Crippen LogP contribution >= 0.6 is 0 Å². The highest BCUT2D eigenvalue weighted by Gasteiger charge is 2.29. The van der Waals surface area contributed by atoms with Crippen molar-refractivity contribution in [2.75, 3.05) is 31.2 Å². The number of aryl methyl sites for hydroxylation is 1. The molecule has 0 aliphatic carbocycles. The van der Waals surface area contributed by atoms with Crippen molar-refractivity contribution in [1.29, 1.82) is 0 Å². The number of hydrogen-bond acceptors (Lipinski definition) is 3. The summed E-state index contributed by atoms with van der Waals surface area (Å²) in [4.78, 5) is 2.44. The first kappa shape index (κ1) is 13.4. The second-order valence-corrected chi connectivity index (χ2v) is 5.00. The molecular formula is C15H24N2O. The number of nitrogens with two attached hydrogens (primary N) is 1. The first-order valence-electron chi connectivity index (χ1n) is 6.88. The number of nitrogens with zero attached hydrogens (tertiary/aromatic N) is 1. The molecule has 100 valence electrons. The summed E-state index contributed by atoms with van der Waals surface area (Å²) >= 11 is 0. The van der Waals surface area contributed by atoms with Crippen LogP contribution in [0.4, 0.5) is 5.69 Å². The molecule has 2 rings (SSSR count). The van der Waals surface area contributed by atoms with E-state index in [0.717, 1.165) is 26.2 Å². The van der Waals surface area contributed by atoms with Gasteiger partial charge in [0.05, 0.1) is 6.61 Å². The number of likely N-dealkylation sites (N-methyl/N-ethyl adjacent to an activating group) is 1. The Labute approximate surface area is 110 Å². The minimum atomic E-state index is 0.388. The molecule has 2 N–H and O–H groups in total. The highest BCUT2D eigenvalue weighted by Crippen LogP contribution is 2.27. The Morgan fingerprint density at radius 3 is 2.78 bits per heavy atom. The van der Waals surface area contributed by atoms with Crippen LogP contribution in [0.15, 0.2) is 24.3 Å². The van der Waals surface area contributed by atoms with E-state index in [2.05, 4.69) is 43.0 Å². The van der Waals surface area contributed by atoms with Crippen molar-refractivity contribution in [3.8, 4) is 0 Å². The summed E-state index contributed by atoms with van der Waals surface area (Å²) < 4.78 is 5.52. The van der Waals surface area contributed by atoms with Gasteiger partial charge in [-0.1, -0.05) is 18.2 Å². The van der Waals surface area contributed by atoms with Gasteiger partial charge in [0, 0.05) is 37.3 Å². The van der Waals surface area contributed by atoms with E-state index in [0.29, 0.717) is 18.5 Å². The highest BCUT2D eigenvalue weighted by molar-refractivity contribution is 5.54. The monoisotopic (exact) mass is 248 g/mol. The summed E-state index contributed by atoms with van der Waals surface area (Å²) in [5.41, 5.74) is 8.64. The van der Waals surface area contributed by atoms with Crippen LogP contribution in [-0.4, -0.2) is 32.3 Å². The fraction of sp³-hybridized carbons (Fsp3) is 0.600. The molecule has 0 bridgehead atoms. The fourth-order valence-electron chi connectivity index (χ4n) is 2.90. The Morgan fingerprint density at radius 1 is 1.44 bits per heavy atom. The molecule has 3 heteroatoms. The number of para-hydroxylation sites is 1. The van der Waals surface area contributed by atoms with Crippen LogP contribution in [0.3, 0.4) is 0 Å². The molecule has 0 saturated carbocycles. The van der Waals surface area contributed by atoms with Gasteiger partial charge >= 0.3 is 0 Å². The Hall–Kier alpha value is -1.06. The number of benzene rings is 1. The number of anilines is 1. The minimum absolute atomic E-state index is 0.388. The molecule has 0 radical (unpaired) electrons. The maximum absolute atomic E-state index is 6.02. The molecule has 2 atom stereocenters. The lowest BCUT2D eigenvalue weighted by molar-refractivity contribution is 0.180. The van der Waals surface area contributed by atoms with E-state index in [-0.39, 0.29) is 0 Å². The van der Waals surface area contributed by atoms with E-state index in [1.54, 1.807) is 0 Å². The molecule has 1 heterocycles. The van der Waals surface area contributed by atoms with E-state index < -0.39 is 0 Å². The lowest BCUT2D eigenvalue weighted by Crippen LogP contribution is -2.46. The van der Waals surface area contributed by atoms with E-state index in [9.17, 15) is 0 Å². The van der Waals surface area contributed by atoms with Crippen LogP contribution in [0.1, 0.15) is 18.9 Å². The molecule has 1 aromatic rings. The average molecular weight is 248 g/mol. The summed E-state index contributed by atoms with van der Waals surface area (Å²) in [6, 6.07) is 8.93. The molecule has 1 aromatic carbocycles. The SMILES string of the molecule is CCN(c1ccccc1C)C(CN)C1CCOC1. The standard InChI is InChI=1S/C15H24N2O/c1-3-17(14-7-5-4-6-12(14)2)15(10-16)13-8-9-18-11-13/h4-7,13,15H,3,8-11,16H2,1-2H3. The van der Waals surface area contributed by atoms with Gasteiger partial charge in [-0.05, 0) is 31.9 Å². The topological polar surface area (TPSA) is 38.5 Å². The summed E-state index contributed by atoms with van der Waals surface area (Å²) in [6.07, 6.45) is 1.13. The van der Waals surface area contributed by atoms with Gasteiger partial charge in [-0.3, -0.25) is 0 Å². The first-order valence-corrected chi connectivity index (χ1v) is 6.88. The lowest BCUT2D eigenvalue weighted by Gasteiger charge is -2.36. The molecule has 1 aliphatic heterocycles. The van der Waals surface area contributed by atoms with Gasteiger partial charge in [0.15, 0.2) is 0 Å². The van der Waals surface area contributed by atoms with Crippen molar-refractivity contribution in [2.45, 2.75) is 26.3 Å². The van der Waals surface area contributed by atoms with Crippen LogP contribution < -0.4 is 10.6 Å². The predicted octanol–water partition coefficient (Wildman–Crippen LogP) is 2.19. The normalized spacial score (nSPS) is 20.9. The molecule has 0 aromatic heterocycles. The summed E-state index contributed by atoms with van der Waals surface area (Å²) in [5, 5.41) is 0. The van der Waals surface area contributed by atoms with Crippen LogP contribution in [0.2, 0.25) is 0 Å². The van der Waals surface area contributed by atoms with Gasteiger partial charge in [0.2, 0.25) is 0 Å². The zero-order chi connectivity index (χ0) is 13.0. The number of hydrogen-bond donors (Lipinski definition) is 1. The Kier molecular flexibility index (Phi) is 4.61. The summed E-state index contributed by atoms with van der Waals surface area (Å²) in [6.45, 7) is 7.78. The maximum Gasteiger partial charge on any atom is 0.0515 e. The van der Waals surface area contributed by atoms with Crippen molar-refractivity contribution in [3.63, 3.8) is 0 Å². The van der Waals surface area contributed by atoms with Gasteiger partial charge in [-0.15, -0.1) is 0 Å². The van der Waals surface area contributed by atoms with Crippen LogP contribution in [0, 0.1) is 12.8 Å². The second-order valence-electron chi connectivity index (χ2n) is 5.00. The van der Waals surface area contributed by atoms with Crippen molar-refractivity contribution in [2.24, 2.45) is 11.7 Å². The van der Waals surface area contributed by atoms with E-state index in [1.165, 1.54) is 11.3 Å². The van der Waals surface area contributed by atoms with Gasteiger partial charge in [0.25, 0.3) is 0 Å². The summed E-state index contributed by atoms with van der Waals surface area (Å²) in [7, 11) is 0. The van der Waals surface area contributed by atoms with Crippen molar-refractivity contribution in [3.05, 3.63) is 29.8 Å². The van der Waals surface area contributed by atoms with Gasteiger partial charge < -0.3 is 15.4 Å². The number of rotatable bonds is 5. The van der Waals surface area contributed by atoms with Crippen LogP contribution in [0.25, 0.3) is 0 Å². The molecule has 1 saturated heterocycles. The van der Waals surface area contributed by atoms with Gasteiger partial charge in [-0.2, -0.15) is 0 Å². The molecule has 1 aliphatic rings. The van der Waals surface area contributed by atoms with E-state index in [1.807, 2.05) is 0 Å². The Balaban J connectivity index is 2.23. The molecule has 3 nitrogen and oxygen atoms in total. The van der Waals surface area contributed by atoms with Crippen LogP contribution in [0.5, 0.6) is 0 Å². The third-order valence-electron chi connectivity index (χ3n) is 3.92. The van der Waals surface area contributed by atoms with Gasteiger partial charge in [-0.25, -0.2) is 0 Å². The zero-order valence-corrected chi connectivity index (χ0v) is 11.4.